The zero-order valence-corrected chi connectivity index (χ0v) is 15.4. The molecule has 0 aliphatic heterocycles. The van der Waals surface area contributed by atoms with Crippen molar-refractivity contribution in [2.75, 3.05) is 24.3 Å². The Balaban J connectivity index is 2.02. The summed E-state index contributed by atoms with van der Waals surface area (Å²) in [6.07, 6.45) is -0.612. The summed E-state index contributed by atoms with van der Waals surface area (Å²) in [5, 5.41) is 3.58. The Bertz CT molecular complexity index is 704. The van der Waals surface area contributed by atoms with Crippen LogP contribution in [-0.2, 0) is 4.79 Å². The van der Waals surface area contributed by atoms with Gasteiger partial charge in [0.2, 0.25) is 0 Å². The van der Waals surface area contributed by atoms with E-state index in [0.29, 0.717) is 5.75 Å². The summed E-state index contributed by atoms with van der Waals surface area (Å²) in [5.74, 6) is 0.442. The lowest BCUT2D eigenvalue weighted by atomic mass is 10.1. The molecule has 1 N–H and O–H groups in total. The summed E-state index contributed by atoms with van der Waals surface area (Å²) < 4.78 is 5.75. The number of nitrogens with zero attached hydrogens (tertiary/aromatic N) is 1. The predicted molar refractivity (Wildman–Crippen MR) is 100 cm³/mol. The van der Waals surface area contributed by atoms with Crippen LogP contribution in [0.3, 0.4) is 0 Å². The van der Waals surface area contributed by atoms with Crippen LogP contribution < -0.4 is 15.0 Å². The van der Waals surface area contributed by atoms with E-state index < -0.39 is 6.10 Å². The first-order valence-corrected chi connectivity index (χ1v) is 8.17. The SMILES string of the molecule is Cc1cc(OC(C)C(=O)Nc2ccc(N(C)C)cc2)cc(C)c1Cl. The number of benzene rings is 2. The molecule has 2 aromatic rings. The molecule has 0 bridgehead atoms. The van der Waals surface area contributed by atoms with E-state index in [1.54, 1.807) is 6.92 Å². The fourth-order valence-electron chi connectivity index (χ4n) is 2.32. The van der Waals surface area contributed by atoms with E-state index in [0.717, 1.165) is 27.5 Å². The minimum atomic E-state index is -0.612. The summed E-state index contributed by atoms with van der Waals surface area (Å²) in [6, 6.07) is 11.3. The highest BCUT2D eigenvalue weighted by atomic mass is 35.5. The number of ether oxygens (including phenoxy) is 1. The molecule has 0 aromatic heterocycles. The molecular formula is C19H23ClN2O2. The van der Waals surface area contributed by atoms with E-state index in [1.165, 1.54) is 0 Å². The Morgan fingerprint density at radius 2 is 1.67 bits per heavy atom. The van der Waals surface area contributed by atoms with Crippen LogP contribution in [0.25, 0.3) is 0 Å². The van der Waals surface area contributed by atoms with Gasteiger partial charge in [0.25, 0.3) is 5.91 Å². The van der Waals surface area contributed by atoms with Gasteiger partial charge in [0, 0.05) is 30.5 Å². The quantitative estimate of drug-likeness (QED) is 0.870. The van der Waals surface area contributed by atoms with E-state index in [9.17, 15) is 4.79 Å². The second-order valence-electron chi connectivity index (χ2n) is 6.06. The van der Waals surface area contributed by atoms with Gasteiger partial charge in [-0.05, 0) is 68.3 Å². The van der Waals surface area contributed by atoms with Gasteiger partial charge in [-0.2, -0.15) is 0 Å². The van der Waals surface area contributed by atoms with E-state index in [4.69, 9.17) is 16.3 Å². The van der Waals surface area contributed by atoms with Gasteiger partial charge in [0.1, 0.15) is 5.75 Å². The number of carbonyl (C=O) groups excluding carboxylic acids is 1. The molecule has 24 heavy (non-hydrogen) atoms. The van der Waals surface area contributed by atoms with Gasteiger partial charge in [0.15, 0.2) is 6.10 Å². The minimum Gasteiger partial charge on any atom is -0.481 e. The molecule has 4 nitrogen and oxygen atoms in total. The number of amides is 1. The van der Waals surface area contributed by atoms with Crippen LogP contribution in [0.2, 0.25) is 5.02 Å². The highest BCUT2D eigenvalue weighted by Crippen LogP contribution is 2.26. The van der Waals surface area contributed by atoms with Crippen LogP contribution in [0, 0.1) is 13.8 Å². The van der Waals surface area contributed by atoms with Crippen LogP contribution >= 0.6 is 11.6 Å². The smallest absolute Gasteiger partial charge is 0.265 e. The largest absolute Gasteiger partial charge is 0.481 e. The van der Waals surface area contributed by atoms with E-state index in [2.05, 4.69) is 5.32 Å². The molecule has 0 saturated carbocycles. The van der Waals surface area contributed by atoms with Crippen molar-refractivity contribution >= 4 is 28.9 Å². The Morgan fingerprint density at radius 3 is 2.17 bits per heavy atom. The first-order valence-electron chi connectivity index (χ1n) is 7.79. The maximum absolute atomic E-state index is 12.3. The van der Waals surface area contributed by atoms with Crippen molar-refractivity contribution in [1.82, 2.24) is 0 Å². The zero-order chi connectivity index (χ0) is 17.9. The molecule has 0 aliphatic carbocycles. The topological polar surface area (TPSA) is 41.6 Å². The molecular weight excluding hydrogens is 324 g/mol. The number of nitrogens with one attached hydrogen (secondary N) is 1. The molecule has 0 spiro atoms. The molecule has 0 fully saturated rings. The molecule has 2 aromatic carbocycles. The lowest BCUT2D eigenvalue weighted by Crippen LogP contribution is -2.30. The third-order valence-corrected chi connectivity index (χ3v) is 4.34. The van der Waals surface area contributed by atoms with Crippen LogP contribution in [0.15, 0.2) is 36.4 Å². The maximum Gasteiger partial charge on any atom is 0.265 e. The molecule has 128 valence electrons. The molecule has 2 rings (SSSR count). The first-order chi connectivity index (χ1) is 11.3. The predicted octanol–water partition coefficient (Wildman–Crippen LogP) is 4.43. The normalized spacial score (nSPS) is 11.8. The minimum absolute atomic E-state index is 0.196. The van der Waals surface area contributed by atoms with Gasteiger partial charge in [-0.3, -0.25) is 4.79 Å². The van der Waals surface area contributed by atoms with Crippen molar-refractivity contribution in [2.45, 2.75) is 26.9 Å². The van der Waals surface area contributed by atoms with Crippen LogP contribution in [0.5, 0.6) is 5.75 Å². The van der Waals surface area contributed by atoms with Crippen molar-refractivity contribution in [2.24, 2.45) is 0 Å². The molecule has 1 amide bonds. The Hall–Kier alpha value is -2.20. The summed E-state index contributed by atoms with van der Waals surface area (Å²) in [4.78, 5) is 14.3. The number of halogens is 1. The lowest BCUT2D eigenvalue weighted by Gasteiger charge is -2.17. The number of carbonyl (C=O) groups is 1. The summed E-state index contributed by atoms with van der Waals surface area (Å²) >= 11 is 6.15. The standard InChI is InChI=1S/C19H23ClN2O2/c1-12-10-17(11-13(2)18(12)20)24-14(3)19(23)21-15-6-8-16(9-7-15)22(4)5/h6-11,14H,1-5H3,(H,21,23). The Kier molecular flexibility index (Phi) is 5.73. The molecule has 0 saturated heterocycles. The van der Waals surface area contributed by atoms with Gasteiger partial charge >= 0.3 is 0 Å². The molecule has 1 atom stereocenters. The molecule has 5 heteroatoms. The lowest BCUT2D eigenvalue weighted by molar-refractivity contribution is -0.122. The van der Waals surface area contributed by atoms with Gasteiger partial charge in [-0.15, -0.1) is 0 Å². The second-order valence-corrected chi connectivity index (χ2v) is 6.44. The number of anilines is 2. The highest BCUT2D eigenvalue weighted by Gasteiger charge is 2.16. The van der Waals surface area contributed by atoms with Crippen molar-refractivity contribution in [1.29, 1.82) is 0 Å². The van der Waals surface area contributed by atoms with Crippen molar-refractivity contribution < 1.29 is 9.53 Å². The van der Waals surface area contributed by atoms with Gasteiger partial charge in [-0.25, -0.2) is 0 Å². The van der Waals surface area contributed by atoms with Crippen LogP contribution in [-0.4, -0.2) is 26.1 Å². The van der Waals surface area contributed by atoms with Crippen molar-refractivity contribution in [3.63, 3.8) is 0 Å². The maximum atomic E-state index is 12.3. The summed E-state index contributed by atoms with van der Waals surface area (Å²) in [6.45, 7) is 5.56. The van der Waals surface area contributed by atoms with Crippen molar-refractivity contribution in [3.05, 3.63) is 52.5 Å². The monoisotopic (exact) mass is 346 g/mol. The Morgan fingerprint density at radius 1 is 1.12 bits per heavy atom. The third kappa shape index (κ3) is 4.42. The number of aryl methyl sites for hydroxylation is 2. The van der Waals surface area contributed by atoms with Gasteiger partial charge in [-0.1, -0.05) is 11.6 Å². The second kappa shape index (κ2) is 7.58. The van der Waals surface area contributed by atoms with Gasteiger partial charge < -0.3 is 15.0 Å². The molecule has 0 aliphatic rings. The number of rotatable bonds is 5. The number of hydrogen-bond donors (Lipinski definition) is 1. The van der Waals surface area contributed by atoms with E-state index in [1.807, 2.05) is 69.2 Å². The number of hydrogen-bond acceptors (Lipinski definition) is 3. The van der Waals surface area contributed by atoms with Crippen LogP contribution in [0.1, 0.15) is 18.1 Å². The average molecular weight is 347 g/mol. The van der Waals surface area contributed by atoms with E-state index >= 15 is 0 Å². The summed E-state index contributed by atoms with van der Waals surface area (Å²) in [5.41, 5.74) is 3.67. The molecule has 0 heterocycles. The van der Waals surface area contributed by atoms with Crippen molar-refractivity contribution in [3.8, 4) is 5.75 Å². The third-order valence-electron chi connectivity index (χ3n) is 3.74. The van der Waals surface area contributed by atoms with Gasteiger partial charge in [0.05, 0.1) is 0 Å². The first kappa shape index (κ1) is 18.1. The fourth-order valence-corrected chi connectivity index (χ4v) is 2.43. The van der Waals surface area contributed by atoms with Crippen LogP contribution in [0.4, 0.5) is 11.4 Å². The highest BCUT2D eigenvalue weighted by molar-refractivity contribution is 6.32. The Labute approximate surface area is 148 Å². The average Bonchev–Trinajstić information content (AvgIpc) is 2.52. The molecule has 0 radical (unpaired) electrons. The zero-order valence-electron chi connectivity index (χ0n) is 14.7. The van der Waals surface area contributed by atoms with E-state index in [-0.39, 0.29) is 5.91 Å². The fraction of sp³-hybridized carbons (Fsp3) is 0.316. The molecule has 1 unspecified atom stereocenters. The summed E-state index contributed by atoms with van der Waals surface area (Å²) in [7, 11) is 3.94.